The summed E-state index contributed by atoms with van der Waals surface area (Å²) in [4.78, 5) is 33.7. The number of rotatable bonds is 8. The minimum absolute atomic E-state index is 0.121. The van der Waals surface area contributed by atoms with E-state index in [0.29, 0.717) is 13.0 Å². The Labute approximate surface area is 150 Å². The van der Waals surface area contributed by atoms with E-state index in [-0.39, 0.29) is 17.7 Å². The van der Waals surface area contributed by atoms with E-state index < -0.39 is 16.7 Å². The number of hydrogen-bond acceptors (Lipinski definition) is 5. The van der Waals surface area contributed by atoms with Crippen molar-refractivity contribution in [3.05, 3.63) is 75.8 Å². The summed E-state index contributed by atoms with van der Waals surface area (Å²) in [6, 6.07) is 15.7. The first kappa shape index (κ1) is 18.8. The molecule has 2 aromatic carbocycles. The first-order chi connectivity index (χ1) is 12.6. The van der Waals surface area contributed by atoms with E-state index in [0.717, 1.165) is 5.56 Å². The number of nitro benzene ring substituents is 1. The largest absolute Gasteiger partial charge is 0.355 e. The van der Waals surface area contributed by atoms with E-state index in [2.05, 4.69) is 15.8 Å². The summed E-state index contributed by atoms with van der Waals surface area (Å²) in [6.45, 7) is 0.426. The molecule has 134 valence electrons. The average molecular weight is 354 g/mol. The van der Waals surface area contributed by atoms with Crippen LogP contribution in [0.3, 0.4) is 0 Å². The van der Waals surface area contributed by atoms with Crippen LogP contribution in [0.25, 0.3) is 0 Å². The van der Waals surface area contributed by atoms with Crippen molar-refractivity contribution >= 4 is 23.7 Å². The molecule has 26 heavy (non-hydrogen) atoms. The van der Waals surface area contributed by atoms with Gasteiger partial charge in [-0.2, -0.15) is 5.10 Å². The summed E-state index contributed by atoms with van der Waals surface area (Å²) in [5.74, 6) is -1.02. The summed E-state index contributed by atoms with van der Waals surface area (Å²) in [5, 5.41) is 17.2. The van der Waals surface area contributed by atoms with Crippen molar-refractivity contribution in [1.29, 1.82) is 0 Å². The Morgan fingerprint density at radius 1 is 1.04 bits per heavy atom. The fourth-order valence-corrected chi connectivity index (χ4v) is 2.18. The van der Waals surface area contributed by atoms with E-state index in [1.807, 2.05) is 30.3 Å². The Hall–Kier alpha value is -3.55. The molecule has 2 amide bonds. The van der Waals surface area contributed by atoms with Gasteiger partial charge in [-0.3, -0.25) is 19.7 Å². The predicted octanol–water partition coefficient (Wildman–Crippen LogP) is 1.79. The van der Waals surface area contributed by atoms with Crippen molar-refractivity contribution in [2.45, 2.75) is 12.8 Å². The average Bonchev–Trinajstić information content (AvgIpc) is 2.63. The van der Waals surface area contributed by atoms with Crippen LogP contribution in [0.5, 0.6) is 0 Å². The summed E-state index contributed by atoms with van der Waals surface area (Å²) in [7, 11) is 0. The van der Waals surface area contributed by atoms with Crippen LogP contribution in [0.4, 0.5) is 5.69 Å². The minimum Gasteiger partial charge on any atom is -0.355 e. The molecule has 0 fully saturated rings. The molecule has 0 aliphatic heterocycles. The monoisotopic (exact) mass is 354 g/mol. The number of nitro groups is 1. The van der Waals surface area contributed by atoms with Gasteiger partial charge in [-0.15, -0.1) is 0 Å². The lowest BCUT2D eigenvalue weighted by atomic mass is 10.1. The maximum atomic E-state index is 11.7. The molecule has 2 rings (SSSR count). The van der Waals surface area contributed by atoms with Gasteiger partial charge in [0.15, 0.2) is 0 Å². The first-order valence-electron chi connectivity index (χ1n) is 7.92. The molecule has 0 saturated carbocycles. The lowest BCUT2D eigenvalue weighted by Gasteiger charge is -2.04. The number of hydrogen-bond donors (Lipinski definition) is 2. The number of hydrazone groups is 1. The molecule has 0 atom stereocenters. The second-order valence-electron chi connectivity index (χ2n) is 5.37. The van der Waals surface area contributed by atoms with Crippen molar-refractivity contribution in [1.82, 2.24) is 10.7 Å². The molecule has 0 heterocycles. The van der Waals surface area contributed by atoms with Gasteiger partial charge in [0, 0.05) is 12.6 Å². The Morgan fingerprint density at radius 3 is 2.46 bits per heavy atom. The van der Waals surface area contributed by atoms with E-state index >= 15 is 0 Å². The first-order valence-corrected chi connectivity index (χ1v) is 7.92. The topological polar surface area (TPSA) is 114 Å². The number of nitrogens with one attached hydrogen (secondary N) is 2. The summed E-state index contributed by atoms with van der Waals surface area (Å²) in [5.41, 5.74) is 3.41. The fraction of sp³-hybridized carbons (Fsp3) is 0.167. The molecule has 0 unspecified atom stereocenters. The van der Waals surface area contributed by atoms with Crippen LogP contribution >= 0.6 is 0 Å². The number of benzene rings is 2. The lowest BCUT2D eigenvalue weighted by molar-refractivity contribution is -0.385. The third-order valence-electron chi connectivity index (χ3n) is 3.43. The third kappa shape index (κ3) is 6.16. The molecular formula is C18H18N4O4. The van der Waals surface area contributed by atoms with E-state index in [1.54, 1.807) is 6.07 Å². The highest BCUT2D eigenvalue weighted by Crippen LogP contribution is 2.14. The van der Waals surface area contributed by atoms with Crippen molar-refractivity contribution < 1.29 is 14.5 Å². The van der Waals surface area contributed by atoms with Gasteiger partial charge in [0.1, 0.15) is 6.42 Å². The number of para-hydroxylation sites is 1. The highest BCUT2D eigenvalue weighted by Gasteiger charge is 2.11. The lowest BCUT2D eigenvalue weighted by Crippen LogP contribution is -2.31. The minimum atomic E-state index is -0.600. The fourth-order valence-electron chi connectivity index (χ4n) is 2.18. The SMILES string of the molecule is O=C(CC(=O)NN=Cc1ccccc1[N+](=O)[O-])NCCc1ccccc1. The van der Waals surface area contributed by atoms with Crippen LogP contribution in [0, 0.1) is 10.1 Å². The van der Waals surface area contributed by atoms with Gasteiger partial charge in [-0.05, 0) is 18.1 Å². The zero-order valence-corrected chi connectivity index (χ0v) is 13.9. The maximum absolute atomic E-state index is 11.7. The molecule has 2 aromatic rings. The predicted molar refractivity (Wildman–Crippen MR) is 96.6 cm³/mol. The van der Waals surface area contributed by atoms with Gasteiger partial charge in [0.2, 0.25) is 11.8 Å². The molecule has 0 radical (unpaired) electrons. The van der Waals surface area contributed by atoms with Crippen molar-refractivity contribution in [2.75, 3.05) is 6.54 Å². The summed E-state index contributed by atoms with van der Waals surface area (Å²) >= 11 is 0. The van der Waals surface area contributed by atoms with E-state index in [4.69, 9.17) is 0 Å². The zero-order valence-electron chi connectivity index (χ0n) is 13.9. The Morgan fingerprint density at radius 2 is 1.73 bits per heavy atom. The molecule has 0 aliphatic carbocycles. The second-order valence-corrected chi connectivity index (χ2v) is 5.37. The smallest absolute Gasteiger partial charge is 0.278 e. The normalized spacial score (nSPS) is 10.5. The van der Waals surface area contributed by atoms with E-state index in [9.17, 15) is 19.7 Å². The molecular weight excluding hydrogens is 336 g/mol. The Balaban J connectivity index is 1.74. The summed E-state index contributed by atoms with van der Waals surface area (Å²) < 4.78 is 0. The van der Waals surface area contributed by atoms with Crippen LogP contribution in [0.1, 0.15) is 17.5 Å². The van der Waals surface area contributed by atoms with Crippen LogP contribution in [0.15, 0.2) is 59.7 Å². The molecule has 0 aliphatic rings. The van der Waals surface area contributed by atoms with Crippen molar-refractivity contribution in [2.24, 2.45) is 5.10 Å². The quantitative estimate of drug-likeness (QED) is 0.325. The summed E-state index contributed by atoms with van der Waals surface area (Å²) in [6.07, 6.45) is 1.47. The van der Waals surface area contributed by atoms with Crippen LogP contribution in [-0.2, 0) is 16.0 Å². The zero-order chi connectivity index (χ0) is 18.8. The highest BCUT2D eigenvalue weighted by molar-refractivity contribution is 5.97. The van der Waals surface area contributed by atoms with Crippen LogP contribution < -0.4 is 10.7 Å². The van der Waals surface area contributed by atoms with Gasteiger partial charge in [-0.25, -0.2) is 5.43 Å². The van der Waals surface area contributed by atoms with Gasteiger partial charge in [-0.1, -0.05) is 42.5 Å². The molecule has 0 spiro atoms. The molecule has 0 bridgehead atoms. The molecule has 2 N–H and O–H groups in total. The van der Waals surface area contributed by atoms with Crippen molar-refractivity contribution in [3.8, 4) is 0 Å². The van der Waals surface area contributed by atoms with Crippen LogP contribution in [0.2, 0.25) is 0 Å². The number of amides is 2. The van der Waals surface area contributed by atoms with Gasteiger partial charge in [0.05, 0.1) is 16.7 Å². The van der Waals surface area contributed by atoms with E-state index in [1.165, 1.54) is 24.4 Å². The number of carbonyl (C=O) groups excluding carboxylic acids is 2. The third-order valence-corrected chi connectivity index (χ3v) is 3.43. The molecule has 0 aromatic heterocycles. The molecule has 8 nitrogen and oxygen atoms in total. The van der Waals surface area contributed by atoms with Gasteiger partial charge in [0.25, 0.3) is 5.69 Å². The highest BCUT2D eigenvalue weighted by atomic mass is 16.6. The molecule has 8 heteroatoms. The molecule has 0 saturated heterocycles. The Kier molecular flexibility index (Phi) is 6.99. The maximum Gasteiger partial charge on any atom is 0.278 e. The number of nitrogens with zero attached hydrogens (tertiary/aromatic N) is 2. The second kappa shape index (κ2) is 9.67. The van der Waals surface area contributed by atoms with Crippen LogP contribution in [-0.4, -0.2) is 29.5 Å². The van der Waals surface area contributed by atoms with Gasteiger partial charge >= 0.3 is 0 Å². The standard InChI is InChI=1S/C18H18N4O4/c23-17(19-11-10-14-6-2-1-3-7-14)12-18(24)21-20-13-15-8-4-5-9-16(15)22(25)26/h1-9,13H,10-12H2,(H,19,23)(H,21,24). The van der Waals surface area contributed by atoms with Gasteiger partial charge < -0.3 is 5.32 Å². The Bertz CT molecular complexity index is 806. The number of carbonyl (C=O) groups is 2. The van der Waals surface area contributed by atoms with Crippen molar-refractivity contribution in [3.63, 3.8) is 0 Å².